The van der Waals surface area contributed by atoms with Crippen LogP contribution in [0.15, 0.2) is 72.9 Å². The van der Waals surface area contributed by atoms with Crippen molar-refractivity contribution in [3.05, 3.63) is 72.9 Å². The minimum Gasteiger partial charge on any atom is -0.462 e. The van der Waals surface area contributed by atoms with E-state index in [1.165, 1.54) is 128 Å². The number of esters is 3. The number of hydrogen-bond donors (Lipinski definition) is 0. The normalized spacial score (nSPS) is 12.6. The molecule has 0 heterocycles. The molecule has 0 bridgehead atoms. The fraction of sp³-hybridized carbons (Fsp3) is 0.737. The predicted molar refractivity (Wildman–Crippen MR) is 270 cm³/mol. The van der Waals surface area contributed by atoms with Crippen LogP contribution >= 0.6 is 0 Å². The molecule has 0 aliphatic rings. The van der Waals surface area contributed by atoms with Crippen LogP contribution in [0.25, 0.3) is 0 Å². The Balaban J connectivity index is 4.50. The van der Waals surface area contributed by atoms with E-state index >= 15 is 0 Å². The van der Waals surface area contributed by atoms with Crippen LogP contribution in [0.5, 0.6) is 0 Å². The summed E-state index contributed by atoms with van der Waals surface area (Å²) in [4.78, 5) is 37.9. The molecule has 0 saturated heterocycles. The lowest BCUT2D eigenvalue weighted by atomic mass is 10.0. The van der Waals surface area contributed by atoms with E-state index in [0.29, 0.717) is 12.8 Å². The number of allylic oxidation sites excluding steroid dienone is 11. The molecular weight excluding hydrogens is 781 g/mol. The Morgan fingerprint density at radius 3 is 1.03 bits per heavy atom. The van der Waals surface area contributed by atoms with Gasteiger partial charge in [0.25, 0.3) is 0 Å². The molecule has 1 atom stereocenters. The average Bonchev–Trinajstić information content (AvgIpc) is 3.28. The summed E-state index contributed by atoms with van der Waals surface area (Å²) in [5.41, 5.74) is 0. The molecule has 6 nitrogen and oxygen atoms in total. The number of carbonyl (C=O) groups is 3. The third kappa shape index (κ3) is 49.7. The van der Waals surface area contributed by atoms with Crippen molar-refractivity contribution in [2.75, 3.05) is 13.2 Å². The van der Waals surface area contributed by atoms with E-state index in [9.17, 15) is 14.4 Å². The molecule has 0 aromatic carbocycles. The summed E-state index contributed by atoms with van der Waals surface area (Å²) in [6.07, 6.45) is 64.8. The van der Waals surface area contributed by atoms with Crippen molar-refractivity contribution in [2.24, 2.45) is 0 Å². The SMILES string of the molecule is CC/C=C\C/C=C\C/C=C\C/C=C\C/C=C\CC(=O)OC(COC(=O)CCCCCCC/C=C\CCCCCCCCC)COC(=O)CCCCCCCCCCCCCCCC. The van der Waals surface area contributed by atoms with Crippen LogP contribution in [-0.4, -0.2) is 37.2 Å². The van der Waals surface area contributed by atoms with Gasteiger partial charge in [-0.25, -0.2) is 0 Å². The van der Waals surface area contributed by atoms with Crippen molar-refractivity contribution >= 4 is 17.9 Å². The van der Waals surface area contributed by atoms with Crippen LogP contribution in [0.2, 0.25) is 0 Å². The monoisotopic (exact) mass is 879 g/mol. The third-order valence-corrected chi connectivity index (χ3v) is 11.2. The van der Waals surface area contributed by atoms with Crippen molar-refractivity contribution in [1.82, 2.24) is 0 Å². The maximum atomic E-state index is 12.7. The van der Waals surface area contributed by atoms with Gasteiger partial charge in [-0.1, -0.05) is 235 Å². The van der Waals surface area contributed by atoms with E-state index in [-0.39, 0.29) is 31.6 Å². The molecule has 6 heteroatoms. The van der Waals surface area contributed by atoms with Crippen LogP contribution in [0.3, 0.4) is 0 Å². The molecule has 362 valence electrons. The standard InChI is InChI=1S/C57H98O6/c1-4-7-10-13-16-19-22-25-28-30-32-35-38-41-44-47-50-56(59)62-53-54(52-61-55(58)49-46-43-40-37-34-31-27-24-21-18-15-12-9-6-3)63-57(60)51-48-45-42-39-36-33-29-26-23-20-17-14-11-8-5-2/h8,11,17,20,26,28-30,36,39,45,48,54H,4-7,9-10,12-16,18-19,21-25,27,31-35,37-38,40-44,46-47,49-53H2,1-3H3/b11-8-,20-17-,29-26-,30-28-,39-36-,48-45-. The zero-order chi connectivity index (χ0) is 45.8. The number of hydrogen-bond acceptors (Lipinski definition) is 6. The second-order valence-electron chi connectivity index (χ2n) is 17.4. The van der Waals surface area contributed by atoms with Crippen LogP contribution in [0.1, 0.15) is 252 Å². The molecule has 0 saturated carbocycles. The number of carbonyl (C=O) groups excluding carboxylic acids is 3. The van der Waals surface area contributed by atoms with Crippen molar-refractivity contribution in [3.8, 4) is 0 Å². The number of rotatable bonds is 47. The lowest BCUT2D eigenvalue weighted by Crippen LogP contribution is -2.30. The van der Waals surface area contributed by atoms with E-state index in [4.69, 9.17) is 14.2 Å². The summed E-state index contributed by atoms with van der Waals surface area (Å²) < 4.78 is 16.7. The summed E-state index contributed by atoms with van der Waals surface area (Å²) in [5.74, 6) is -1.05. The van der Waals surface area contributed by atoms with E-state index in [1.54, 1.807) is 6.08 Å². The first kappa shape index (κ1) is 59.9. The first-order chi connectivity index (χ1) is 31.0. The smallest absolute Gasteiger partial charge is 0.310 e. The Kier molecular flexibility index (Phi) is 48.9. The van der Waals surface area contributed by atoms with Crippen LogP contribution < -0.4 is 0 Å². The van der Waals surface area contributed by atoms with Crippen molar-refractivity contribution in [1.29, 1.82) is 0 Å². The summed E-state index contributed by atoms with van der Waals surface area (Å²) in [7, 11) is 0. The maximum Gasteiger partial charge on any atom is 0.310 e. The molecule has 1 unspecified atom stereocenters. The van der Waals surface area contributed by atoms with Crippen LogP contribution in [0, 0.1) is 0 Å². The molecule has 0 spiro atoms. The Labute approximate surface area is 389 Å². The number of ether oxygens (including phenoxy) is 3. The first-order valence-electron chi connectivity index (χ1n) is 26.4. The van der Waals surface area contributed by atoms with Gasteiger partial charge < -0.3 is 14.2 Å². The van der Waals surface area contributed by atoms with E-state index in [0.717, 1.165) is 83.5 Å². The average molecular weight is 879 g/mol. The van der Waals surface area contributed by atoms with Gasteiger partial charge in [-0.15, -0.1) is 0 Å². The van der Waals surface area contributed by atoms with Crippen molar-refractivity contribution in [3.63, 3.8) is 0 Å². The molecule has 0 aromatic heterocycles. The molecule has 0 rings (SSSR count). The highest BCUT2D eigenvalue weighted by molar-refractivity contribution is 5.72. The molecule has 0 aliphatic carbocycles. The van der Waals surface area contributed by atoms with E-state index in [1.807, 2.05) is 6.08 Å². The van der Waals surface area contributed by atoms with E-state index < -0.39 is 12.1 Å². The highest BCUT2D eigenvalue weighted by Crippen LogP contribution is 2.15. The Hall–Kier alpha value is -3.15. The second-order valence-corrected chi connectivity index (χ2v) is 17.4. The predicted octanol–water partition coefficient (Wildman–Crippen LogP) is 17.4. The molecule has 0 radical (unpaired) electrons. The highest BCUT2D eigenvalue weighted by Gasteiger charge is 2.19. The van der Waals surface area contributed by atoms with Gasteiger partial charge in [0.1, 0.15) is 13.2 Å². The lowest BCUT2D eigenvalue weighted by Gasteiger charge is -2.18. The van der Waals surface area contributed by atoms with Crippen molar-refractivity contribution < 1.29 is 28.6 Å². The lowest BCUT2D eigenvalue weighted by molar-refractivity contribution is -0.166. The van der Waals surface area contributed by atoms with Gasteiger partial charge in [0.05, 0.1) is 6.42 Å². The summed E-state index contributed by atoms with van der Waals surface area (Å²) in [5, 5.41) is 0. The fourth-order valence-electron chi connectivity index (χ4n) is 7.28. The molecule has 63 heavy (non-hydrogen) atoms. The second kappa shape index (κ2) is 51.5. The van der Waals surface area contributed by atoms with Gasteiger partial charge >= 0.3 is 17.9 Å². The number of unbranched alkanes of at least 4 members (excludes halogenated alkanes) is 25. The fourth-order valence-corrected chi connectivity index (χ4v) is 7.28. The molecule has 0 amide bonds. The molecular formula is C57H98O6. The molecule has 0 aliphatic heterocycles. The van der Waals surface area contributed by atoms with Gasteiger partial charge in [0, 0.05) is 12.8 Å². The maximum absolute atomic E-state index is 12.7. The topological polar surface area (TPSA) is 78.9 Å². The van der Waals surface area contributed by atoms with Crippen molar-refractivity contribution in [2.45, 2.75) is 258 Å². The Morgan fingerprint density at radius 2 is 0.667 bits per heavy atom. The zero-order valence-corrected chi connectivity index (χ0v) is 41.3. The minimum absolute atomic E-state index is 0.0972. The van der Waals surface area contributed by atoms with E-state index in [2.05, 4.69) is 81.5 Å². The minimum atomic E-state index is -0.830. The van der Waals surface area contributed by atoms with Crippen LogP contribution in [-0.2, 0) is 28.6 Å². The molecule has 0 fully saturated rings. The Morgan fingerprint density at radius 1 is 0.349 bits per heavy atom. The first-order valence-corrected chi connectivity index (χ1v) is 26.4. The zero-order valence-electron chi connectivity index (χ0n) is 41.3. The quantitative estimate of drug-likeness (QED) is 0.0262. The highest BCUT2D eigenvalue weighted by atomic mass is 16.6. The summed E-state index contributed by atoms with van der Waals surface area (Å²) >= 11 is 0. The van der Waals surface area contributed by atoms with Gasteiger partial charge in [0.15, 0.2) is 6.10 Å². The third-order valence-electron chi connectivity index (χ3n) is 11.2. The van der Waals surface area contributed by atoms with Crippen LogP contribution in [0.4, 0.5) is 0 Å². The molecule has 0 N–H and O–H groups in total. The van der Waals surface area contributed by atoms with Gasteiger partial charge in [-0.2, -0.15) is 0 Å². The Bertz CT molecular complexity index is 1190. The largest absolute Gasteiger partial charge is 0.462 e. The molecule has 0 aromatic rings. The van der Waals surface area contributed by atoms with Gasteiger partial charge in [-0.3, -0.25) is 14.4 Å². The summed E-state index contributed by atoms with van der Waals surface area (Å²) in [6.45, 7) is 6.44. The summed E-state index contributed by atoms with van der Waals surface area (Å²) in [6, 6.07) is 0. The van der Waals surface area contributed by atoms with Gasteiger partial charge in [-0.05, 0) is 70.6 Å². The van der Waals surface area contributed by atoms with Gasteiger partial charge in [0.2, 0.25) is 0 Å².